The van der Waals surface area contributed by atoms with E-state index in [1.165, 1.54) is 13.2 Å². The van der Waals surface area contributed by atoms with Crippen LogP contribution >= 0.6 is 0 Å². The SMILES string of the molecule is COC(=O)NCc1cccc(C(=O)O)n1. The lowest BCUT2D eigenvalue weighted by atomic mass is 10.3. The molecule has 0 aliphatic rings. The molecule has 15 heavy (non-hydrogen) atoms. The van der Waals surface area contributed by atoms with Crippen LogP contribution in [0.15, 0.2) is 18.2 Å². The molecule has 2 N–H and O–H groups in total. The number of nitrogens with one attached hydrogen (secondary N) is 1. The van der Waals surface area contributed by atoms with E-state index in [-0.39, 0.29) is 12.2 Å². The number of alkyl carbamates (subject to hydrolysis) is 1. The van der Waals surface area contributed by atoms with Gasteiger partial charge in [0.2, 0.25) is 0 Å². The Kier molecular flexibility index (Phi) is 3.61. The van der Waals surface area contributed by atoms with E-state index in [1.54, 1.807) is 12.1 Å². The molecule has 1 heterocycles. The Labute approximate surface area is 85.9 Å². The fourth-order valence-corrected chi connectivity index (χ4v) is 0.932. The molecular formula is C9H10N2O4. The van der Waals surface area contributed by atoms with Crippen LogP contribution in [0.4, 0.5) is 4.79 Å². The third-order valence-corrected chi connectivity index (χ3v) is 1.63. The molecule has 0 atom stereocenters. The number of pyridine rings is 1. The second-order valence-corrected chi connectivity index (χ2v) is 2.66. The van der Waals surface area contributed by atoms with E-state index >= 15 is 0 Å². The molecule has 6 nitrogen and oxygen atoms in total. The van der Waals surface area contributed by atoms with Gasteiger partial charge in [0.1, 0.15) is 5.69 Å². The normalized spacial score (nSPS) is 9.40. The van der Waals surface area contributed by atoms with Crippen LogP contribution in [0.1, 0.15) is 16.2 Å². The Morgan fingerprint density at radius 1 is 1.53 bits per heavy atom. The first-order chi connectivity index (χ1) is 7.13. The van der Waals surface area contributed by atoms with Gasteiger partial charge >= 0.3 is 12.1 Å². The van der Waals surface area contributed by atoms with E-state index in [4.69, 9.17) is 5.11 Å². The summed E-state index contributed by atoms with van der Waals surface area (Å²) in [5, 5.41) is 11.1. The average Bonchev–Trinajstić information content (AvgIpc) is 2.26. The van der Waals surface area contributed by atoms with Gasteiger partial charge in [-0.05, 0) is 12.1 Å². The first-order valence-corrected chi connectivity index (χ1v) is 4.14. The van der Waals surface area contributed by atoms with Gasteiger partial charge in [-0.1, -0.05) is 6.07 Å². The maximum Gasteiger partial charge on any atom is 0.407 e. The van der Waals surface area contributed by atoms with Gasteiger partial charge in [0.15, 0.2) is 0 Å². The largest absolute Gasteiger partial charge is 0.477 e. The Bertz CT molecular complexity index is 378. The third-order valence-electron chi connectivity index (χ3n) is 1.63. The molecule has 6 heteroatoms. The van der Waals surface area contributed by atoms with E-state index in [0.29, 0.717) is 5.69 Å². The van der Waals surface area contributed by atoms with Crippen molar-refractivity contribution in [1.82, 2.24) is 10.3 Å². The molecule has 0 fully saturated rings. The second kappa shape index (κ2) is 4.94. The Hall–Kier alpha value is -2.11. The quantitative estimate of drug-likeness (QED) is 0.764. The van der Waals surface area contributed by atoms with Crippen molar-refractivity contribution >= 4 is 12.1 Å². The fourth-order valence-electron chi connectivity index (χ4n) is 0.932. The number of hydrogen-bond donors (Lipinski definition) is 2. The average molecular weight is 210 g/mol. The zero-order chi connectivity index (χ0) is 11.3. The van der Waals surface area contributed by atoms with Crippen LogP contribution in [0, 0.1) is 0 Å². The highest BCUT2D eigenvalue weighted by Gasteiger charge is 2.05. The number of rotatable bonds is 3. The van der Waals surface area contributed by atoms with Gasteiger partial charge in [0.05, 0.1) is 19.3 Å². The molecule has 0 aliphatic heterocycles. The Balaban J connectivity index is 2.66. The number of hydrogen-bond acceptors (Lipinski definition) is 4. The van der Waals surface area contributed by atoms with Gasteiger partial charge in [0, 0.05) is 0 Å². The molecule has 1 amide bonds. The number of carboxylic acids is 1. The number of carboxylic acid groups (broad SMARTS) is 1. The number of carbonyl (C=O) groups is 2. The highest BCUT2D eigenvalue weighted by atomic mass is 16.5. The van der Waals surface area contributed by atoms with Gasteiger partial charge in [-0.25, -0.2) is 14.6 Å². The van der Waals surface area contributed by atoms with Crippen LogP contribution in [-0.4, -0.2) is 29.3 Å². The van der Waals surface area contributed by atoms with Crippen molar-refractivity contribution in [3.63, 3.8) is 0 Å². The van der Waals surface area contributed by atoms with E-state index in [9.17, 15) is 9.59 Å². The van der Waals surface area contributed by atoms with Crippen LogP contribution in [0.25, 0.3) is 0 Å². The van der Waals surface area contributed by atoms with Crippen molar-refractivity contribution in [2.24, 2.45) is 0 Å². The summed E-state index contributed by atoms with van der Waals surface area (Å²) >= 11 is 0. The molecule has 0 saturated heterocycles. The third kappa shape index (κ3) is 3.26. The summed E-state index contributed by atoms with van der Waals surface area (Å²) in [4.78, 5) is 25.1. The molecule has 0 aromatic carbocycles. The lowest BCUT2D eigenvalue weighted by Crippen LogP contribution is -2.23. The zero-order valence-electron chi connectivity index (χ0n) is 8.06. The minimum atomic E-state index is -1.10. The molecule has 80 valence electrons. The summed E-state index contributed by atoms with van der Waals surface area (Å²) in [7, 11) is 1.25. The van der Waals surface area contributed by atoms with Gasteiger partial charge in [-0.15, -0.1) is 0 Å². The number of amides is 1. The molecule has 0 saturated carbocycles. The van der Waals surface area contributed by atoms with Crippen LogP contribution in [0.2, 0.25) is 0 Å². The van der Waals surface area contributed by atoms with Crippen molar-refractivity contribution in [1.29, 1.82) is 0 Å². The van der Waals surface area contributed by atoms with E-state index in [0.717, 1.165) is 0 Å². The number of ether oxygens (including phenoxy) is 1. The van der Waals surface area contributed by atoms with Crippen LogP contribution in [0.3, 0.4) is 0 Å². The topological polar surface area (TPSA) is 88.5 Å². The molecule has 0 aliphatic carbocycles. The smallest absolute Gasteiger partial charge is 0.407 e. The number of aromatic carboxylic acids is 1. The molecule has 1 rings (SSSR count). The highest BCUT2D eigenvalue weighted by Crippen LogP contribution is 1.99. The summed E-state index contributed by atoms with van der Waals surface area (Å²) in [6.45, 7) is 0.133. The molecule has 0 radical (unpaired) electrons. The van der Waals surface area contributed by atoms with Crippen molar-refractivity contribution < 1.29 is 19.4 Å². The predicted molar refractivity (Wildman–Crippen MR) is 50.4 cm³/mol. The predicted octanol–water partition coefficient (Wildman–Crippen LogP) is 0.636. The number of aromatic nitrogens is 1. The van der Waals surface area contributed by atoms with Crippen molar-refractivity contribution in [3.05, 3.63) is 29.6 Å². The number of nitrogens with zero attached hydrogens (tertiary/aromatic N) is 1. The first-order valence-electron chi connectivity index (χ1n) is 4.14. The minimum absolute atomic E-state index is 0.0563. The fraction of sp³-hybridized carbons (Fsp3) is 0.222. The minimum Gasteiger partial charge on any atom is -0.477 e. The molecule has 0 bridgehead atoms. The van der Waals surface area contributed by atoms with Crippen LogP contribution < -0.4 is 5.32 Å². The van der Waals surface area contributed by atoms with Gasteiger partial charge in [-0.2, -0.15) is 0 Å². The monoisotopic (exact) mass is 210 g/mol. The number of methoxy groups -OCH3 is 1. The summed E-state index contributed by atoms with van der Waals surface area (Å²) in [5.41, 5.74) is 0.402. The van der Waals surface area contributed by atoms with Gasteiger partial charge in [0.25, 0.3) is 0 Å². The van der Waals surface area contributed by atoms with Gasteiger partial charge < -0.3 is 15.2 Å². The maximum absolute atomic E-state index is 10.7. The Morgan fingerprint density at radius 3 is 2.87 bits per heavy atom. The van der Waals surface area contributed by atoms with E-state index < -0.39 is 12.1 Å². The van der Waals surface area contributed by atoms with Crippen LogP contribution in [-0.2, 0) is 11.3 Å². The van der Waals surface area contributed by atoms with Crippen molar-refractivity contribution in [2.75, 3.05) is 7.11 Å². The molecule has 0 spiro atoms. The second-order valence-electron chi connectivity index (χ2n) is 2.66. The Morgan fingerprint density at radius 2 is 2.27 bits per heavy atom. The number of carbonyl (C=O) groups excluding carboxylic acids is 1. The summed E-state index contributed by atoms with van der Waals surface area (Å²) in [6.07, 6.45) is -0.586. The highest BCUT2D eigenvalue weighted by molar-refractivity contribution is 5.85. The molecule has 0 unspecified atom stereocenters. The van der Waals surface area contributed by atoms with Crippen molar-refractivity contribution in [2.45, 2.75) is 6.54 Å². The van der Waals surface area contributed by atoms with Gasteiger partial charge in [-0.3, -0.25) is 0 Å². The van der Waals surface area contributed by atoms with Crippen LogP contribution in [0.5, 0.6) is 0 Å². The lowest BCUT2D eigenvalue weighted by Gasteiger charge is -2.03. The lowest BCUT2D eigenvalue weighted by molar-refractivity contribution is 0.0690. The first kappa shape index (κ1) is 11.0. The standard InChI is InChI=1S/C9H10N2O4/c1-15-9(14)10-5-6-3-2-4-7(11-6)8(12)13/h2-4H,5H2,1H3,(H,10,14)(H,12,13). The summed E-state index contributed by atoms with van der Waals surface area (Å²) in [6, 6.07) is 4.55. The molecular weight excluding hydrogens is 200 g/mol. The zero-order valence-corrected chi connectivity index (χ0v) is 8.06. The summed E-state index contributed by atoms with van der Waals surface area (Å²) in [5.74, 6) is -1.10. The molecule has 1 aromatic heterocycles. The molecule has 1 aromatic rings. The van der Waals surface area contributed by atoms with E-state index in [1.807, 2.05) is 0 Å². The maximum atomic E-state index is 10.7. The van der Waals surface area contributed by atoms with Crippen molar-refractivity contribution in [3.8, 4) is 0 Å². The van der Waals surface area contributed by atoms with E-state index in [2.05, 4.69) is 15.0 Å². The summed E-state index contributed by atoms with van der Waals surface area (Å²) < 4.78 is 4.36.